The molecule has 0 bridgehead atoms. The van der Waals surface area contributed by atoms with Crippen molar-refractivity contribution in [2.45, 2.75) is 26.8 Å². The van der Waals surface area contributed by atoms with Gasteiger partial charge in [-0.05, 0) is 50.2 Å². The second-order valence-electron chi connectivity index (χ2n) is 4.57. The van der Waals surface area contributed by atoms with Crippen LogP contribution in [0, 0.1) is 13.8 Å². The molecule has 2 aromatic rings. The van der Waals surface area contributed by atoms with Crippen LogP contribution in [-0.4, -0.2) is 10.5 Å². The summed E-state index contributed by atoms with van der Waals surface area (Å²) in [6.45, 7) is 4.79. The fraction of sp³-hybridized carbons (Fsp3) is 0.267. The second kappa shape index (κ2) is 5.93. The predicted molar refractivity (Wildman–Crippen MR) is 78.6 cm³/mol. The van der Waals surface area contributed by atoms with E-state index < -0.39 is 0 Å². The summed E-state index contributed by atoms with van der Waals surface area (Å²) in [5.41, 5.74) is 3.13. The fourth-order valence-electron chi connectivity index (χ4n) is 2.02. The average molecular weight is 277 g/mol. The topological polar surface area (TPSA) is 34.0 Å². The molecule has 1 N–H and O–H groups in total. The first-order valence-electron chi connectivity index (χ1n) is 6.24. The summed E-state index contributed by atoms with van der Waals surface area (Å²) in [5, 5.41) is 3.52. The number of carbonyl (C=O) groups excluding carboxylic acids is 1. The van der Waals surface area contributed by atoms with Crippen molar-refractivity contribution in [3.63, 3.8) is 0 Å². The van der Waals surface area contributed by atoms with Gasteiger partial charge in [-0.1, -0.05) is 11.6 Å². The summed E-state index contributed by atoms with van der Waals surface area (Å²) in [4.78, 5) is 11.9. The van der Waals surface area contributed by atoms with Crippen LogP contribution in [0.25, 0.3) is 0 Å². The number of rotatable bonds is 4. The van der Waals surface area contributed by atoms with E-state index in [0.717, 1.165) is 5.69 Å². The Bertz CT molecular complexity index is 553. The Morgan fingerprint density at radius 1 is 1.11 bits per heavy atom. The molecule has 0 unspecified atom stereocenters. The van der Waals surface area contributed by atoms with Gasteiger partial charge in [-0.3, -0.25) is 4.79 Å². The minimum absolute atomic E-state index is 0.00909. The van der Waals surface area contributed by atoms with Crippen LogP contribution in [0.15, 0.2) is 36.4 Å². The number of hydrogen-bond donors (Lipinski definition) is 1. The van der Waals surface area contributed by atoms with Gasteiger partial charge < -0.3 is 9.88 Å². The molecule has 0 radical (unpaired) electrons. The van der Waals surface area contributed by atoms with Crippen LogP contribution < -0.4 is 5.32 Å². The summed E-state index contributed by atoms with van der Waals surface area (Å²) < 4.78 is 2.14. The molecule has 0 spiro atoms. The molecule has 1 aromatic heterocycles. The SMILES string of the molecule is Cc1ccc(C)n1CCC(=O)Nc1ccc(Cl)cc1. The lowest BCUT2D eigenvalue weighted by Crippen LogP contribution is -2.15. The van der Waals surface area contributed by atoms with Crippen molar-refractivity contribution in [1.82, 2.24) is 4.57 Å². The molecule has 0 aliphatic heterocycles. The smallest absolute Gasteiger partial charge is 0.226 e. The van der Waals surface area contributed by atoms with Crippen molar-refractivity contribution in [1.29, 1.82) is 0 Å². The summed E-state index contributed by atoms with van der Waals surface area (Å²) in [5.74, 6) is 0.00909. The van der Waals surface area contributed by atoms with Crippen LogP contribution in [0.1, 0.15) is 17.8 Å². The molecule has 0 aliphatic carbocycles. The maximum atomic E-state index is 11.9. The van der Waals surface area contributed by atoms with Gasteiger partial charge in [0.25, 0.3) is 0 Å². The number of amides is 1. The van der Waals surface area contributed by atoms with Crippen LogP contribution >= 0.6 is 11.6 Å². The number of halogens is 1. The van der Waals surface area contributed by atoms with E-state index in [1.54, 1.807) is 24.3 Å². The zero-order valence-corrected chi connectivity index (χ0v) is 11.9. The Hall–Kier alpha value is -1.74. The lowest BCUT2D eigenvalue weighted by molar-refractivity contribution is -0.116. The summed E-state index contributed by atoms with van der Waals surface area (Å²) in [6, 6.07) is 11.2. The maximum absolute atomic E-state index is 11.9. The zero-order chi connectivity index (χ0) is 13.8. The van der Waals surface area contributed by atoms with Gasteiger partial charge in [-0.25, -0.2) is 0 Å². The zero-order valence-electron chi connectivity index (χ0n) is 11.1. The Morgan fingerprint density at radius 3 is 2.26 bits per heavy atom. The van der Waals surface area contributed by atoms with E-state index in [9.17, 15) is 4.79 Å². The van der Waals surface area contributed by atoms with E-state index in [0.29, 0.717) is 18.0 Å². The number of nitrogens with one attached hydrogen (secondary N) is 1. The molecule has 100 valence electrons. The van der Waals surface area contributed by atoms with Crippen LogP contribution in [0.4, 0.5) is 5.69 Å². The highest BCUT2D eigenvalue weighted by Gasteiger charge is 2.05. The van der Waals surface area contributed by atoms with E-state index in [-0.39, 0.29) is 5.91 Å². The van der Waals surface area contributed by atoms with Gasteiger partial charge in [0.1, 0.15) is 0 Å². The lowest BCUT2D eigenvalue weighted by Gasteiger charge is -2.09. The highest BCUT2D eigenvalue weighted by molar-refractivity contribution is 6.30. The van der Waals surface area contributed by atoms with Crippen molar-refractivity contribution in [2.75, 3.05) is 5.32 Å². The number of anilines is 1. The van der Waals surface area contributed by atoms with Gasteiger partial charge in [0, 0.05) is 35.1 Å². The minimum Gasteiger partial charge on any atom is -0.349 e. The lowest BCUT2D eigenvalue weighted by atomic mass is 10.3. The number of benzene rings is 1. The first kappa shape index (κ1) is 13.7. The van der Waals surface area contributed by atoms with Gasteiger partial charge in [0.2, 0.25) is 5.91 Å². The van der Waals surface area contributed by atoms with Gasteiger partial charge in [0.05, 0.1) is 0 Å². The normalized spacial score (nSPS) is 10.5. The Morgan fingerprint density at radius 2 is 1.68 bits per heavy atom. The molecule has 0 fully saturated rings. The van der Waals surface area contributed by atoms with Crippen molar-refractivity contribution < 1.29 is 4.79 Å². The standard InChI is InChI=1S/C15H17ClN2O/c1-11-3-4-12(2)18(11)10-9-15(19)17-14-7-5-13(16)6-8-14/h3-8H,9-10H2,1-2H3,(H,17,19). The van der Waals surface area contributed by atoms with E-state index in [4.69, 9.17) is 11.6 Å². The number of nitrogens with zero attached hydrogens (tertiary/aromatic N) is 1. The molecule has 2 rings (SSSR count). The number of hydrogen-bond acceptors (Lipinski definition) is 1. The third kappa shape index (κ3) is 3.61. The van der Waals surface area contributed by atoms with Gasteiger partial charge >= 0.3 is 0 Å². The Balaban J connectivity index is 1.90. The van der Waals surface area contributed by atoms with Crippen LogP contribution in [0.5, 0.6) is 0 Å². The van der Waals surface area contributed by atoms with Gasteiger partial charge in [-0.15, -0.1) is 0 Å². The average Bonchev–Trinajstić information content (AvgIpc) is 2.70. The van der Waals surface area contributed by atoms with Crippen molar-refractivity contribution in [3.05, 3.63) is 52.8 Å². The third-order valence-corrected chi connectivity index (χ3v) is 3.36. The van der Waals surface area contributed by atoms with E-state index in [1.807, 2.05) is 13.8 Å². The molecule has 0 atom stereocenters. The molecule has 0 aliphatic rings. The second-order valence-corrected chi connectivity index (χ2v) is 5.01. The monoisotopic (exact) mass is 276 g/mol. The Kier molecular flexibility index (Phi) is 4.27. The van der Waals surface area contributed by atoms with Crippen molar-refractivity contribution >= 4 is 23.2 Å². The highest BCUT2D eigenvalue weighted by atomic mass is 35.5. The molecule has 1 amide bonds. The van der Waals surface area contributed by atoms with Gasteiger partial charge in [-0.2, -0.15) is 0 Å². The molecule has 1 aromatic carbocycles. The molecule has 1 heterocycles. The summed E-state index contributed by atoms with van der Waals surface area (Å²) in [7, 11) is 0. The molecule has 3 nitrogen and oxygen atoms in total. The first-order chi connectivity index (χ1) is 9.06. The van der Waals surface area contributed by atoms with Crippen LogP contribution in [0.3, 0.4) is 0 Å². The molecule has 0 saturated carbocycles. The van der Waals surface area contributed by atoms with Crippen molar-refractivity contribution in [2.24, 2.45) is 0 Å². The molecule has 0 saturated heterocycles. The highest BCUT2D eigenvalue weighted by Crippen LogP contribution is 2.14. The number of carbonyl (C=O) groups is 1. The predicted octanol–water partition coefficient (Wildman–Crippen LogP) is 3.79. The summed E-state index contributed by atoms with van der Waals surface area (Å²) >= 11 is 5.80. The fourth-order valence-corrected chi connectivity index (χ4v) is 2.15. The first-order valence-corrected chi connectivity index (χ1v) is 6.62. The van der Waals surface area contributed by atoms with Crippen molar-refractivity contribution in [3.8, 4) is 0 Å². The molecular formula is C15H17ClN2O. The number of aryl methyl sites for hydroxylation is 2. The summed E-state index contributed by atoms with van der Waals surface area (Å²) in [6.07, 6.45) is 0.457. The molecular weight excluding hydrogens is 260 g/mol. The molecule has 19 heavy (non-hydrogen) atoms. The number of aromatic nitrogens is 1. The van der Waals surface area contributed by atoms with E-state index >= 15 is 0 Å². The minimum atomic E-state index is 0.00909. The van der Waals surface area contributed by atoms with E-state index in [2.05, 4.69) is 22.0 Å². The van der Waals surface area contributed by atoms with Crippen LogP contribution in [0.2, 0.25) is 5.02 Å². The molecule has 4 heteroatoms. The van der Waals surface area contributed by atoms with E-state index in [1.165, 1.54) is 11.4 Å². The van der Waals surface area contributed by atoms with Crippen LogP contribution in [-0.2, 0) is 11.3 Å². The third-order valence-electron chi connectivity index (χ3n) is 3.11. The largest absolute Gasteiger partial charge is 0.349 e. The Labute approximate surface area is 118 Å². The van der Waals surface area contributed by atoms with Gasteiger partial charge in [0.15, 0.2) is 0 Å². The quantitative estimate of drug-likeness (QED) is 0.906. The maximum Gasteiger partial charge on any atom is 0.226 e.